The molecule has 0 bridgehead atoms. The van der Waals surface area contributed by atoms with Crippen molar-refractivity contribution in [2.24, 2.45) is 0 Å². The maximum atomic E-state index is 12.7. The lowest BCUT2D eigenvalue weighted by Gasteiger charge is -2.14. The van der Waals surface area contributed by atoms with Gasteiger partial charge in [-0.2, -0.15) is 0 Å². The van der Waals surface area contributed by atoms with Crippen LogP contribution in [0.4, 0.5) is 5.69 Å². The Balaban J connectivity index is 1.90. The molecule has 0 aromatic heterocycles. The highest BCUT2D eigenvalue weighted by Crippen LogP contribution is 2.25. The number of para-hydroxylation sites is 1. The number of carbonyl (C=O) groups excluding carboxylic acids is 2. The van der Waals surface area contributed by atoms with Gasteiger partial charge in [-0.15, -0.1) is 0 Å². The van der Waals surface area contributed by atoms with Gasteiger partial charge in [-0.05, 0) is 37.6 Å². The van der Waals surface area contributed by atoms with Crippen molar-refractivity contribution in [3.63, 3.8) is 0 Å². The first-order valence-corrected chi connectivity index (χ1v) is 8.26. The average molecular weight is 336 g/mol. The Kier molecular flexibility index (Phi) is 4.84. The first-order valence-electron chi connectivity index (χ1n) is 8.26. The number of ether oxygens (including phenoxy) is 1. The quantitative estimate of drug-likeness (QED) is 0.673. The van der Waals surface area contributed by atoms with Crippen LogP contribution in [0.15, 0.2) is 54.1 Å². The van der Waals surface area contributed by atoms with Crippen LogP contribution in [0.25, 0.3) is 6.08 Å². The minimum absolute atomic E-state index is 0.0909. The van der Waals surface area contributed by atoms with Gasteiger partial charge in [0.25, 0.3) is 11.8 Å². The highest BCUT2D eigenvalue weighted by atomic mass is 16.5. The van der Waals surface area contributed by atoms with Crippen molar-refractivity contribution in [1.82, 2.24) is 5.43 Å². The second-order valence-electron chi connectivity index (χ2n) is 5.86. The van der Waals surface area contributed by atoms with E-state index in [1.165, 1.54) is 5.01 Å². The number of amides is 2. The van der Waals surface area contributed by atoms with Crippen molar-refractivity contribution < 1.29 is 14.3 Å². The van der Waals surface area contributed by atoms with E-state index in [9.17, 15) is 9.59 Å². The summed E-state index contributed by atoms with van der Waals surface area (Å²) in [5.41, 5.74) is 5.12. The van der Waals surface area contributed by atoms with E-state index in [1.807, 2.05) is 50.2 Å². The summed E-state index contributed by atoms with van der Waals surface area (Å²) in [5.74, 6) is -0.138. The van der Waals surface area contributed by atoms with E-state index in [0.717, 1.165) is 12.0 Å². The fourth-order valence-corrected chi connectivity index (χ4v) is 2.53. The molecule has 5 nitrogen and oxygen atoms in total. The van der Waals surface area contributed by atoms with E-state index in [-0.39, 0.29) is 11.5 Å². The third kappa shape index (κ3) is 3.55. The predicted molar refractivity (Wildman–Crippen MR) is 97.0 cm³/mol. The molecule has 2 amide bonds. The van der Waals surface area contributed by atoms with Crippen LogP contribution in [-0.4, -0.2) is 18.4 Å². The molecule has 0 atom stereocenters. The molecule has 5 heteroatoms. The summed E-state index contributed by atoms with van der Waals surface area (Å²) in [7, 11) is 0. The zero-order valence-electron chi connectivity index (χ0n) is 14.3. The van der Waals surface area contributed by atoms with Gasteiger partial charge in [0.2, 0.25) is 0 Å². The Morgan fingerprint density at radius 2 is 1.80 bits per heavy atom. The van der Waals surface area contributed by atoms with Gasteiger partial charge >= 0.3 is 0 Å². The van der Waals surface area contributed by atoms with Crippen molar-refractivity contribution in [2.75, 3.05) is 11.6 Å². The topological polar surface area (TPSA) is 58.6 Å². The van der Waals surface area contributed by atoms with Crippen LogP contribution in [0.1, 0.15) is 24.5 Å². The predicted octanol–water partition coefficient (Wildman–Crippen LogP) is 3.25. The molecule has 25 heavy (non-hydrogen) atoms. The van der Waals surface area contributed by atoms with Crippen LogP contribution in [0, 0.1) is 6.92 Å². The number of carbonyl (C=O) groups is 2. The summed E-state index contributed by atoms with van der Waals surface area (Å²) in [5, 5.41) is 1.27. The van der Waals surface area contributed by atoms with E-state index in [1.54, 1.807) is 18.2 Å². The Hall–Kier alpha value is -3.08. The molecule has 3 rings (SSSR count). The molecular formula is C20H20N2O3. The van der Waals surface area contributed by atoms with Crippen LogP contribution in [0.2, 0.25) is 0 Å². The third-order valence-corrected chi connectivity index (χ3v) is 3.86. The molecule has 0 radical (unpaired) electrons. The van der Waals surface area contributed by atoms with Gasteiger partial charge in [0.05, 0.1) is 12.3 Å². The fourth-order valence-electron chi connectivity index (χ4n) is 2.53. The molecule has 1 heterocycles. The zero-order chi connectivity index (χ0) is 17.8. The van der Waals surface area contributed by atoms with E-state index < -0.39 is 5.91 Å². The fraction of sp³-hybridized carbons (Fsp3) is 0.200. The molecule has 0 spiro atoms. The van der Waals surface area contributed by atoms with Crippen LogP contribution in [0.5, 0.6) is 5.75 Å². The third-order valence-electron chi connectivity index (χ3n) is 3.86. The van der Waals surface area contributed by atoms with E-state index in [0.29, 0.717) is 23.6 Å². The van der Waals surface area contributed by atoms with Crippen LogP contribution in [0.3, 0.4) is 0 Å². The van der Waals surface area contributed by atoms with E-state index >= 15 is 0 Å². The number of rotatable bonds is 5. The maximum absolute atomic E-state index is 12.7. The Morgan fingerprint density at radius 3 is 2.52 bits per heavy atom. The molecule has 1 aliphatic rings. The summed E-state index contributed by atoms with van der Waals surface area (Å²) in [6.07, 6.45) is 2.46. The van der Waals surface area contributed by atoms with Crippen LogP contribution < -0.4 is 15.2 Å². The first kappa shape index (κ1) is 16.8. The second kappa shape index (κ2) is 7.21. The monoisotopic (exact) mass is 336 g/mol. The van der Waals surface area contributed by atoms with Gasteiger partial charge in [-0.3, -0.25) is 15.0 Å². The zero-order valence-corrected chi connectivity index (χ0v) is 14.3. The highest BCUT2D eigenvalue weighted by molar-refractivity contribution is 6.31. The summed E-state index contributed by atoms with van der Waals surface area (Å²) in [6.45, 7) is 4.57. The number of nitrogens with zero attached hydrogens (tertiary/aromatic N) is 1. The van der Waals surface area contributed by atoms with Gasteiger partial charge in [-0.25, -0.2) is 5.01 Å². The molecule has 1 fully saturated rings. The van der Waals surface area contributed by atoms with Crippen molar-refractivity contribution in [3.8, 4) is 5.75 Å². The van der Waals surface area contributed by atoms with Crippen LogP contribution >= 0.6 is 0 Å². The lowest BCUT2D eigenvalue weighted by molar-refractivity contribution is -0.117. The van der Waals surface area contributed by atoms with Crippen molar-refractivity contribution in [3.05, 3.63) is 65.2 Å². The van der Waals surface area contributed by atoms with Crippen molar-refractivity contribution in [1.29, 1.82) is 0 Å². The minimum Gasteiger partial charge on any atom is -0.493 e. The molecule has 0 aliphatic carbocycles. The summed E-state index contributed by atoms with van der Waals surface area (Å²) < 4.78 is 5.69. The van der Waals surface area contributed by atoms with E-state index in [4.69, 9.17) is 4.74 Å². The molecule has 2 aromatic carbocycles. The molecule has 1 N–H and O–H groups in total. The molecule has 2 aromatic rings. The molecule has 1 saturated heterocycles. The molecule has 1 aliphatic heterocycles. The van der Waals surface area contributed by atoms with E-state index in [2.05, 4.69) is 5.43 Å². The summed E-state index contributed by atoms with van der Waals surface area (Å²) >= 11 is 0. The minimum atomic E-state index is -0.420. The number of nitrogens with one attached hydrogen (secondary N) is 1. The largest absolute Gasteiger partial charge is 0.493 e. The summed E-state index contributed by atoms with van der Waals surface area (Å²) in [6, 6.07) is 14.8. The molecule has 0 unspecified atom stereocenters. The summed E-state index contributed by atoms with van der Waals surface area (Å²) in [4.78, 5) is 24.9. The number of aryl methyl sites for hydroxylation is 1. The maximum Gasteiger partial charge on any atom is 0.282 e. The van der Waals surface area contributed by atoms with Crippen LogP contribution in [-0.2, 0) is 9.59 Å². The van der Waals surface area contributed by atoms with Crippen molar-refractivity contribution in [2.45, 2.75) is 20.3 Å². The standard InChI is InChI=1S/C20H20N2O3/c1-3-12-25-18-7-5-4-6-15(18)13-17-19(23)21-22(20(17)24)16-10-8-14(2)9-11-16/h4-11,13H,3,12H2,1-2H3,(H,21,23). The normalized spacial score (nSPS) is 15.6. The molecular weight excluding hydrogens is 316 g/mol. The molecule has 128 valence electrons. The number of hydrazine groups is 1. The number of hydrogen-bond acceptors (Lipinski definition) is 3. The smallest absolute Gasteiger partial charge is 0.282 e. The van der Waals surface area contributed by atoms with Gasteiger partial charge in [0.15, 0.2) is 0 Å². The number of hydrogen-bond donors (Lipinski definition) is 1. The Labute approximate surface area is 146 Å². The number of anilines is 1. The Morgan fingerprint density at radius 1 is 1.08 bits per heavy atom. The van der Waals surface area contributed by atoms with Gasteiger partial charge in [0.1, 0.15) is 11.3 Å². The highest BCUT2D eigenvalue weighted by Gasteiger charge is 2.34. The van der Waals surface area contributed by atoms with Gasteiger partial charge in [-0.1, -0.05) is 42.8 Å². The van der Waals surface area contributed by atoms with Gasteiger partial charge in [0, 0.05) is 5.56 Å². The first-order chi connectivity index (χ1) is 12.1. The molecule has 0 saturated carbocycles. The second-order valence-corrected chi connectivity index (χ2v) is 5.86. The number of benzene rings is 2. The lowest BCUT2D eigenvalue weighted by atomic mass is 10.1. The Bertz CT molecular complexity index is 825. The lowest BCUT2D eigenvalue weighted by Crippen LogP contribution is -2.35. The SMILES string of the molecule is CCCOc1ccccc1C=C1C(=O)NN(c2ccc(C)cc2)C1=O. The van der Waals surface area contributed by atoms with Crippen molar-refractivity contribution >= 4 is 23.6 Å². The average Bonchev–Trinajstić information content (AvgIpc) is 2.90. The van der Waals surface area contributed by atoms with Gasteiger partial charge < -0.3 is 4.74 Å².